The summed E-state index contributed by atoms with van der Waals surface area (Å²) in [5.41, 5.74) is 0.0321. The number of nitrogens with one attached hydrogen (secondary N) is 1. The maximum Gasteiger partial charge on any atom is 0.573 e. The lowest BCUT2D eigenvalue weighted by Gasteiger charge is -2.34. The number of halogens is 6. The Hall–Kier alpha value is -2.50. The van der Waals surface area contributed by atoms with Gasteiger partial charge in [-0.25, -0.2) is 0 Å². The molecule has 0 radical (unpaired) electrons. The van der Waals surface area contributed by atoms with Gasteiger partial charge < -0.3 is 15.0 Å². The molecule has 2 saturated heterocycles. The monoisotopic (exact) mass is 481 g/mol. The van der Waals surface area contributed by atoms with Gasteiger partial charge in [0.25, 0.3) is 5.91 Å². The minimum Gasteiger partial charge on any atom is -0.406 e. The lowest BCUT2D eigenvalue weighted by molar-refractivity contribution is -0.274. The van der Waals surface area contributed by atoms with Gasteiger partial charge in [0.05, 0.1) is 6.54 Å². The van der Waals surface area contributed by atoms with Gasteiger partial charge in [0.2, 0.25) is 5.91 Å². The van der Waals surface area contributed by atoms with Crippen LogP contribution < -0.4 is 10.1 Å². The molecule has 0 bridgehead atoms. The zero-order valence-corrected chi connectivity index (χ0v) is 17.7. The van der Waals surface area contributed by atoms with E-state index >= 15 is 0 Å². The Labute approximate surface area is 186 Å². The second-order valence-electron chi connectivity index (χ2n) is 8.29. The molecule has 0 aliphatic carbocycles. The number of carbonyl (C=O) groups is 2. The fraction of sp³-hybridized carbons (Fsp3) is 0.619. The van der Waals surface area contributed by atoms with E-state index in [4.69, 9.17) is 0 Å². The van der Waals surface area contributed by atoms with Crippen LogP contribution in [0, 0.1) is 5.92 Å². The first-order valence-corrected chi connectivity index (χ1v) is 10.6. The topological polar surface area (TPSA) is 61.9 Å². The number of benzene rings is 1. The highest BCUT2D eigenvalue weighted by atomic mass is 19.4. The molecule has 2 aliphatic heterocycles. The van der Waals surface area contributed by atoms with Crippen LogP contribution in [-0.2, 0) is 4.79 Å². The first kappa shape index (κ1) is 25.1. The highest BCUT2D eigenvalue weighted by Gasteiger charge is 2.47. The SMILES string of the molecule is O=C(NCC1CCN(CC(=O)N2CCCC2C(F)(F)F)CC1)c1cccc(OC(F)(F)F)c1. The molecule has 1 aromatic rings. The number of rotatable bonds is 6. The summed E-state index contributed by atoms with van der Waals surface area (Å²) in [5, 5.41) is 2.69. The summed E-state index contributed by atoms with van der Waals surface area (Å²) >= 11 is 0. The summed E-state index contributed by atoms with van der Waals surface area (Å²) in [5.74, 6) is -1.46. The van der Waals surface area contributed by atoms with Crippen molar-refractivity contribution >= 4 is 11.8 Å². The largest absolute Gasteiger partial charge is 0.573 e. The molecular weight excluding hydrogens is 456 g/mol. The molecule has 2 aliphatic rings. The van der Waals surface area contributed by atoms with E-state index in [1.807, 2.05) is 4.90 Å². The van der Waals surface area contributed by atoms with Crippen molar-refractivity contribution in [2.24, 2.45) is 5.92 Å². The van der Waals surface area contributed by atoms with Crippen molar-refractivity contribution in [3.05, 3.63) is 29.8 Å². The lowest BCUT2D eigenvalue weighted by atomic mass is 9.96. The van der Waals surface area contributed by atoms with Crippen molar-refractivity contribution in [1.82, 2.24) is 15.1 Å². The van der Waals surface area contributed by atoms with E-state index in [0.717, 1.165) is 17.0 Å². The van der Waals surface area contributed by atoms with Gasteiger partial charge in [-0.05, 0) is 62.9 Å². The molecule has 2 amide bonds. The van der Waals surface area contributed by atoms with Crippen molar-refractivity contribution in [3.63, 3.8) is 0 Å². The van der Waals surface area contributed by atoms with Gasteiger partial charge in [-0.2, -0.15) is 13.2 Å². The van der Waals surface area contributed by atoms with Crippen LogP contribution in [-0.4, -0.2) is 72.9 Å². The number of carbonyl (C=O) groups excluding carboxylic acids is 2. The number of likely N-dealkylation sites (tertiary alicyclic amines) is 2. The number of nitrogens with zero attached hydrogens (tertiary/aromatic N) is 2. The molecule has 12 heteroatoms. The summed E-state index contributed by atoms with van der Waals surface area (Å²) in [7, 11) is 0. The maximum absolute atomic E-state index is 13.1. The third kappa shape index (κ3) is 7.24. The summed E-state index contributed by atoms with van der Waals surface area (Å²) in [6.45, 7) is 1.35. The van der Waals surface area contributed by atoms with E-state index in [1.165, 1.54) is 12.1 Å². The Morgan fingerprint density at radius 2 is 1.73 bits per heavy atom. The molecule has 33 heavy (non-hydrogen) atoms. The van der Waals surface area contributed by atoms with Crippen molar-refractivity contribution in [2.45, 2.75) is 44.3 Å². The molecule has 2 heterocycles. The van der Waals surface area contributed by atoms with Crippen LogP contribution in [0.15, 0.2) is 24.3 Å². The Kier molecular flexibility index (Phi) is 7.76. The number of piperidine rings is 1. The van der Waals surface area contributed by atoms with Gasteiger partial charge in [-0.3, -0.25) is 14.5 Å². The Balaban J connectivity index is 1.42. The van der Waals surface area contributed by atoms with Crippen molar-refractivity contribution < 1.29 is 40.7 Å². The number of hydrogen-bond donors (Lipinski definition) is 1. The third-order valence-electron chi connectivity index (χ3n) is 5.90. The lowest BCUT2D eigenvalue weighted by Crippen LogP contribution is -2.49. The molecular formula is C21H25F6N3O3. The van der Waals surface area contributed by atoms with Gasteiger partial charge in [0.15, 0.2) is 0 Å². The van der Waals surface area contributed by atoms with Gasteiger partial charge in [0.1, 0.15) is 11.8 Å². The van der Waals surface area contributed by atoms with Gasteiger partial charge in [0, 0.05) is 18.7 Å². The maximum atomic E-state index is 13.1. The normalized spacial score (nSPS) is 20.7. The highest BCUT2D eigenvalue weighted by molar-refractivity contribution is 5.94. The molecule has 0 saturated carbocycles. The van der Waals surface area contributed by atoms with Gasteiger partial charge >= 0.3 is 12.5 Å². The van der Waals surface area contributed by atoms with E-state index < -0.39 is 36.1 Å². The van der Waals surface area contributed by atoms with Gasteiger partial charge in [-0.15, -0.1) is 13.2 Å². The third-order valence-corrected chi connectivity index (χ3v) is 5.90. The predicted octanol–water partition coefficient (Wildman–Crippen LogP) is 3.58. The number of hydrogen-bond acceptors (Lipinski definition) is 4. The van der Waals surface area contributed by atoms with E-state index in [0.29, 0.717) is 38.9 Å². The summed E-state index contributed by atoms with van der Waals surface area (Å²) in [6, 6.07) is 3.05. The minimum atomic E-state index is -4.85. The fourth-order valence-electron chi connectivity index (χ4n) is 4.21. The number of ether oxygens (including phenoxy) is 1. The summed E-state index contributed by atoms with van der Waals surface area (Å²) in [6.07, 6.45) is -7.74. The van der Waals surface area contributed by atoms with Crippen LogP contribution in [0.4, 0.5) is 26.3 Å². The van der Waals surface area contributed by atoms with Crippen molar-refractivity contribution in [3.8, 4) is 5.75 Å². The second kappa shape index (κ2) is 10.2. The van der Waals surface area contributed by atoms with E-state index in [9.17, 15) is 35.9 Å². The quantitative estimate of drug-likeness (QED) is 0.632. The first-order valence-electron chi connectivity index (χ1n) is 10.6. The number of alkyl halides is 6. The van der Waals surface area contributed by atoms with Crippen LogP contribution in [0.3, 0.4) is 0 Å². The Bertz CT molecular complexity index is 837. The Morgan fingerprint density at radius 3 is 2.36 bits per heavy atom. The highest BCUT2D eigenvalue weighted by Crippen LogP contribution is 2.32. The predicted molar refractivity (Wildman–Crippen MR) is 105 cm³/mol. The second-order valence-corrected chi connectivity index (χ2v) is 8.29. The zero-order valence-electron chi connectivity index (χ0n) is 17.7. The van der Waals surface area contributed by atoms with Gasteiger partial charge in [-0.1, -0.05) is 6.07 Å². The molecule has 3 rings (SSSR count). The molecule has 1 unspecified atom stereocenters. The van der Waals surface area contributed by atoms with Crippen molar-refractivity contribution in [2.75, 3.05) is 32.7 Å². The average molecular weight is 481 g/mol. The molecule has 1 aromatic carbocycles. The fourth-order valence-corrected chi connectivity index (χ4v) is 4.21. The first-order chi connectivity index (χ1) is 15.4. The van der Waals surface area contributed by atoms with Crippen LogP contribution in [0.25, 0.3) is 0 Å². The smallest absolute Gasteiger partial charge is 0.406 e. The zero-order chi connectivity index (χ0) is 24.2. The summed E-state index contributed by atoms with van der Waals surface area (Å²) < 4.78 is 80.0. The average Bonchev–Trinajstić information content (AvgIpc) is 3.23. The standard InChI is InChI=1S/C21H25F6N3O3/c22-20(23,24)17-5-2-8-30(17)18(31)13-29-9-6-14(7-10-29)12-28-19(32)15-3-1-4-16(11-15)33-21(25,26)27/h1,3-4,11,14,17H,2,5-10,12-13H2,(H,28,32). The summed E-state index contributed by atoms with van der Waals surface area (Å²) in [4.78, 5) is 27.4. The van der Waals surface area contributed by atoms with Crippen molar-refractivity contribution in [1.29, 1.82) is 0 Å². The van der Waals surface area contributed by atoms with Crippen LogP contribution in [0.2, 0.25) is 0 Å². The molecule has 1 N–H and O–H groups in total. The van der Waals surface area contributed by atoms with E-state index in [2.05, 4.69) is 10.1 Å². The molecule has 1 atom stereocenters. The van der Waals surface area contributed by atoms with Crippen LogP contribution in [0.5, 0.6) is 5.75 Å². The molecule has 2 fully saturated rings. The van der Waals surface area contributed by atoms with Crippen LogP contribution in [0.1, 0.15) is 36.0 Å². The Morgan fingerprint density at radius 1 is 1.03 bits per heavy atom. The molecule has 184 valence electrons. The molecule has 6 nitrogen and oxygen atoms in total. The van der Waals surface area contributed by atoms with E-state index in [-0.39, 0.29) is 31.0 Å². The van der Waals surface area contributed by atoms with Crippen LogP contribution >= 0.6 is 0 Å². The molecule has 0 spiro atoms. The number of amides is 2. The molecule has 0 aromatic heterocycles. The minimum absolute atomic E-state index is 0.0321. The van der Waals surface area contributed by atoms with E-state index in [1.54, 1.807) is 0 Å².